The smallest absolute Gasteiger partial charge is 0.333 e. The molecule has 0 aliphatic carbocycles. The Morgan fingerprint density at radius 1 is 1.27 bits per heavy atom. The largest absolute Gasteiger partial charge is 0.496 e. The van der Waals surface area contributed by atoms with E-state index in [9.17, 15) is 4.79 Å². The SMILES string of the molecule is CC=C(C)C(=O)O[C@@H](C)c1ccc(OC)c(CC=C(C)C)c1. The molecule has 0 bridgehead atoms. The number of allylic oxidation sites excluding steroid dienone is 3. The molecule has 0 fully saturated rings. The minimum atomic E-state index is -0.293. The number of ether oxygens (including phenoxy) is 2. The Bertz CT molecular complexity index is 578. The third-order valence-electron chi connectivity index (χ3n) is 3.54. The van der Waals surface area contributed by atoms with Crippen molar-refractivity contribution >= 4 is 5.97 Å². The van der Waals surface area contributed by atoms with Crippen molar-refractivity contribution < 1.29 is 14.3 Å². The Hall–Kier alpha value is -2.03. The van der Waals surface area contributed by atoms with Gasteiger partial charge >= 0.3 is 5.97 Å². The first kappa shape index (κ1) is 18.0. The molecule has 0 spiro atoms. The van der Waals surface area contributed by atoms with Gasteiger partial charge in [-0.1, -0.05) is 23.8 Å². The number of methoxy groups -OCH3 is 1. The monoisotopic (exact) mass is 302 g/mol. The summed E-state index contributed by atoms with van der Waals surface area (Å²) in [7, 11) is 1.67. The van der Waals surface area contributed by atoms with Crippen molar-refractivity contribution in [3.05, 3.63) is 52.6 Å². The Morgan fingerprint density at radius 2 is 1.95 bits per heavy atom. The summed E-state index contributed by atoms with van der Waals surface area (Å²) in [5.41, 5.74) is 3.93. The van der Waals surface area contributed by atoms with Crippen molar-refractivity contribution in [2.24, 2.45) is 0 Å². The molecule has 1 aromatic carbocycles. The molecule has 0 unspecified atom stereocenters. The molecule has 0 heterocycles. The lowest BCUT2D eigenvalue weighted by Gasteiger charge is -2.16. The molecule has 3 heteroatoms. The minimum Gasteiger partial charge on any atom is -0.496 e. The van der Waals surface area contributed by atoms with E-state index in [-0.39, 0.29) is 12.1 Å². The highest BCUT2D eigenvalue weighted by atomic mass is 16.5. The number of rotatable bonds is 6. The van der Waals surface area contributed by atoms with E-state index in [1.54, 1.807) is 20.1 Å². The molecule has 0 saturated heterocycles. The summed E-state index contributed by atoms with van der Waals surface area (Å²) in [6.45, 7) is 9.60. The van der Waals surface area contributed by atoms with E-state index in [1.165, 1.54) is 5.57 Å². The maximum Gasteiger partial charge on any atom is 0.333 e. The molecule has 0 aliphatic heterocycles. The third-order valence-corrected chi connectivity index (χ3v) is 3.54. The van der Waals surface area contributed by atoms with Crippen molar-refractivity contribution in [1.29, 1.82) is 0 Å². The minimum absolute atomic E-state index is 0.281. The number of carbonyl (C=O) groups excluding carboxylic acids is 1. The lowest BCUT2D eigenvalue weighted by molar-refractivity contribution is -0.143. The first-order chi connectivity index (χ1) is 10.4. The summed E-state index contributed by atoms with van der Waals surface area (Å²) in [5.74, 6) is 0.570. The van der Waals surface area contributed by atoms with Crippen molar-refractivity contribution in [1.82, 2.24) is 0 Å². The average Bonchev–Trinajstić information content (AvgIpc) is 2.51. The summed E-state index contributed by atoms with van der Waals surface area (Å²) < 4.78 is 10.9. The number of hydrogen-bond acceptors (Lipinski definition) is 3. The molecule has 0 amide bonds. The highest BCUT2D eigenvalue weighted by Gasteiger charge is 2.14. The van der Waals surface area contributed by atoms with Gasteiger partial charge in [0.25, 0.3) is 0 Å². The van der Waals surface area contributed by atoms with Gasteiger partial charge in [0.05, 0.1) is 7.11 Å². The average molecular weight is 302 g/mol. The zero-order chi connectivity index (χ0) is 16.7. The zero-order valence-electron chi connectivity index (χ0n) is 14.4. The van der Waals surface area contributed by atoms with Crippen LogP contribution in [0.1, 0.15) is 51.8 Å². The molecule has 0 N–H and O–H groups in total. The second kappa shape index (κ2) is 8.42. The summed E-state index contributed by atoms with van der Waals surface area (Å²) in [6, 6.07) is 5.91. The molecular formula is C19H26O3. The molecule has 1 aromatic rings. The number of carbonyl (C=O) groups is 1. The lowest BCUT2D eigenvalue weighted by Crippen LogP contribution is -2.10. The van der Waals surface area contributed by atoms with Crippen LogP contribution in [0.4, 0.5) is 0 Å². The van der Waals surface area contributed by atoms with Crippen LogP contribution in [0.2, 0.25) is 0 Å². The molecule has 0 aliphatic rings. The Labute approximate surface area is 133 Å². The van der Waals surface area contributed by atoms with Crippen LogP contribution in [0.15, 0.2) is 41.5 Å². The van der Waals surface area contributed by atoms with Gasteiger partial charge in [0.2, 0.25) is 0 Å². The van der Waals surface area contributed by atoms with Gasteiger partial charge in [0.15, 0.2) is 0 Å². The van der Waals surface area contributed by atoms with Gasteiger partial charge in [-0.3, -0.25) is 0 Å². The molecule has 22 heavy (non-hydrogen) atoms. The molecule has 120 valence electrons. The van der Waals surface area contributed by atoms with Crippen molar-refractivity contribution in [2.45, 2.75) is 47.1 Å². The van der Waals surface area contributed by atoms with Crippen LogP contribution in [0, 0.1) is 0 Å². The first-order valence-corrected chi connectivity index (χ1v) is 7.53. The first-order valence-electron chi connectivity index (χ1n) is 7.53. The van der Waals surface area contributed by atoms with Crippen LogP contribution >= 0.6 is 0 Å². The van der Waals surface area contributed by atoms with Crippen LogP contribution in [0.25, 0.3) is 0 Å². The normalized spacial score (nSPS) is 12.5. The van der Waals surface area contributed by atoms with E-state index in [2.05, 4.69) is 19.9 Å². The number of benzene rings is 1. The van der Waals surface area contributed by atoms with Crippen molar-refractivity contribution in [3.8, 4) is 5.75 Å². The predicted molar refractivity (Wildman–Crippen MR) is 90.1 cm³/mol. The zero-order valence-corrected chi connectivity index (χ0v) is 14.4. The Kier molecular flexibility index (Phi) is 6.90. The third kappa shape index (κ3) is 5.06. The van der Waals surface area contributed by atoms with E-state index in [4.69, 9.17) is 9.47 Å². The molecule has 3 nitrogen and oxygen atoms in total. The fraction of sp³-hybridized carbons (Fsp3) is 0.421. The standard InChI is InChI=1S/C19H26O3/c1-7-14(4)19(20)22-15(5)16-10-11-18(21-6)17(12-16)9-8-13(2)3/h7-8,10-12,15H,9H2,1-6H3/t15-/m0/s1. The van der Waals surface area contributed by atoms with Crippen LogP contribution in [0.5, 0.6) is 5.75 Å². The van der Waals surface area contributed by atoms with E-state index in [0.29, 0.717) is 5.57 Å². The van der Waals surface area contributed by atoms with Crippen molar-refractivity contribution in [2.75, 3.05) is 7.11 Å². The van der Waals surface area contributed by atoms with E-state index in [0.717, 1.165) is 23.3 Å². The predicted octanol–water partition coefficient (Wildman–Crippen LogP) is 4.77. The maximum atomic E-state index is 11.9. The van der Waals surface area contributed by atoms with Crippen molar-refractivity contribution in [3.63, 3.8) is 0 Å². The van der Waals surface area contributed by atoms with Gasteiger partial charge < -0.3 is 9.47 Å². The Balaban J connectivity index is 2.97. The maximum absolute atomic E-state index is 11.9. The Morgan fingerprint density at radius 3 is 2.50 bits per heavy atom. The fourth-order valence-electron chi connectivity index (χ4n) is 1.96. The second-order valence-corrected chi connectivity index (χ2v) is 5.58. The number of esters is 1. The topological polar surface area (TPSA) is 35.5 Å². The van der Waals surface area contributed by atoms with Crippen LogP contribution in [0.3, 0.4) is 0 Å². The van der Waals surface area contributed by atoms with Gasteiger partial charge in [0.1, 0.15) is 11.9 Å². The van der Waals surface area contributed by atoms with E-state index >= 15 is 0 Å². The lowest BCUT2D eigenvalue weighted by atomic mass is 10.0. The van der Waals surface area contributed by atoms with Gasteiger partial charge in [-0.05, 0) is 64.3 Å². The van der Waals surface area contributed by atoms with Gasteiger partial charge in [-0.15, -0.1) is 0 Å². The molecular weight excluding hydrogens is 276 g/mol. The second-order valence-electron chi connectivity index (χ2n) is 5.58. The summed E-state index contributed by atoms with van der Waals surface area (Å²) in [6.07, 6.45) is 4.42. The fourth-order valence-corrected chi connectivity index (χ4v) is 1.96. The van der Waals surface area contributed by atoms with Gasteiger partial charge in [-0.2, -0.15) is 0 Å². The highest BCUT2D eigenvalue weighted by molar-refractivity contribution is 5.87. The molecule has 0 aromatic heterocycles. The molecule has 1 rings (SSSR count). The van der Waals surface area contributed by atoms with E-state index < -0.39 is 0 Å². The quantitative estimate of drug-likeness (QED) is 0.431. The van der Waals surface area contributed by atoms with Crippen LogP contribution in [-0.2, 0) is 16.0 Å². The van der Waals surface area contributed by atoms with Crippen LogP contribution in [-0.4, -0.2) is 13.1 Å². The number of hydrogen-bond donors (Lipinski definition) is 0. The summed E-state index contributed by atoms with van der Waals surface area (Å²) >= 11 is 0. The summed E-state index contributed by atoms with van der Waals surface area (Å²) in [4.78, 5) is 11.9. The van der Waals surface area contributed by atoms with Crippen LogP contribution < -0.4 is 4.74 Å². The van der Waals surface area contributed by atoms with Gasteiger partial charge in [-0.25, -0.2) is 4.79 Å². The molecule has 0 radical (unpaired) electrons. The van der Waals surface area contributed by atoms with E-state index in [1.807, 2.05) is 32.0 Å². The summed E-state index contributed by atoms with van der Waals surface area (Å²) in [5, 5.41) is 0. The highest BCUT2D eigenvalue weighted by Crippen LogP contribution is 2.26. The van der Waals surface area contributed by atoms with Gasteiger partial charge in [0, 0.05) is 5.57 Å². The molecule has 0 saturated carbocycles. The molecule has 1 atom stereocenters.